The average molecular weight is 323 g/mol. The molecule has 0 unspecified atom stereocenters. The van der Waals surface area contributed by atoms with Crippen LogP contribution < -0.4 is 4.90 Å². The van der Waals surface area contributed by atoms with E-state index in [1.807, 2.05) is 24.3 Å². The molecular formula is C18H21N5O. The van der Waals surface area contributed by atoms with Gasteiger partial charge in [0.25, 0.3) is 0 Å². The first kappa shape index (κ1) is 15.2. The second-order valence-electron chi connectivity index (χ2n) is 6.57. The van der Waals surface area contributed by atoms with E-state index in [0.29, 0.717) is 5.92 Å². The van der Waals surface area contributed by atoms with Gasteiger partial charge < -0.3 is 9.42 Å². The number of hydrogen-bond donors (Lipinski definition) is 0. The van der Waals surface area contributed by atoms with Gasteiger partial charge in [-0.2, -0.15) is 10.2 Å². The molecule has 24 heavy (non-hydrogen) atoms. The van der Waals surface area contributed by atoms with E-state index in [0.717, 1.165) is 62.1 Å². The van der Waals surface area contributed by atoms with Crippen molar-refractivity contribution in [2.75, 3.05) is 31.1 Å². The molecule has 2 aliphatic rings. The number of nitriles is 1. The first-order valence-corrected chi connectivity index (χ1v) is 8.62. The summed E-state index contributed by atoms with van der Waals surface area (Å²) in [7, 11) is 0. The smallest absolute Gasteiger partial charge is 0.229 e. The molecule has 2 heterocycles. The minimum atomic E-state index is 0.508. The molecule has 1 aromatic carbocycles. The summed E-state index contributed by atoms with van der Waals surface area (Å²) in [5.74, 6) is 2.11. The van der Waals surface area contributed by atoms with E-state index in [9.17, 15) is 5.26 Å². The van der Waals surface area contributed by atoms with Gasteiger partial charge in [0.1, 0.15) is 6.07 Å². The fourth-order valence-corrected chi connectivity index (χ4v) is 3.24. The highest BCUT2D eigenvalue weighted by Gasteiger charge is 2.30. The second kappa shape index (κ2) is 6.62. The number of benzene rings is 1. The van der Waals surface area contributed by atoms with Crippen molar-refractivity contribution >= 4 is 5.69 Å². The monoisotopic (exact) mass is 323 g/mol. The molecular weight excluding hydrogens is 302 g/mol. The first-order valence-electron chi connectivity index (χ1n) is 8.62. The summed E-state index contributed by atoms with van der Waals surface area (Å²) in [6.07, 6.45) is 3.42. The first-order chi connectivity index (χ1) is 11.8. The van der Waals surface area contributed by atoms with Gasteiger partial charge in [-0.15, -0.1) is 0 Å². The summed E-state index contributed by atoms with van der Waals surface area (Å²) in [5, 5.41) is 13.4. The highest BCUT2D eigenvalue weighted by Crippen LogP contribution is 2.38. The molecule has 4 rings (SSSR count). The molecule has 124 valence electrons. The third-order valence-corrected chi connectivity index (χ3v) is 4.73. The molecule has 0 N–H and O–H groups in total. The van der Waals surface area contributed by atoms with Crippen LogP contribution in [0.1, 0.15) is 42.5 Å². The average Bonchev–Trinajstić information content (AvgIpc) is 3.40. The molecule has 1 saturated carbocycles. The van der Waals surface area contributed by atoms with Gasteiger partial charge in [0.2, 0.25) is 5.89 Å². The van der Waals surface area contributed by atoms with Gasteiger partial charge in [0.15, 0.2) is 5.82 Å². The van der Waals surface area contributed by atoms with Crippen molar-refractivity contribution in [3.05, 3.63) is 41.5 Å². The molecule has 6 heteroatoms. The SMILES string of the molecule is N#Cc1ccccc1N1CCCN(Cc2noc(C3CC3)n2)CC1. The summed E-state index contributed by atoms with van der Waals surface area (Å²) >= 11 is 0. The second-order valence-corrected chi connectivity index (χ2v) is 6.57. The van der Waals surface area contributed by atoms with Crippen LogP contribution in [-0.4, -0.2) is 41.2 Å². The Morgan fingerprint density at radius 1 is 1.17 bits per heavy atom. The van der Waals surface area contributed by atoms with Crippen LogP contribution >= 0.6 is 0 Å². The molecule has 0 spiro atoms. The van der Waals surface area contributed by atoms with Crippen LogP contribution in [0.25, 0.3) is 0 Å². The summed E-state index contributed by atoms with van der Waals surface area (Å²) < 4.78 is 5.35. The molecule has 1 saturated heterocycles. The minimum Gasteiger partial charge on any atom is -0.369 e. The maximum absolute atomic E-state index is 9.30. The fourth-order valence-electron chi connectivity index (χ4n) is 3.24. The van der Waals surface area contributed by atoms with Gasteiger partial charge in [0, 0.05) is 32.1 Å². The van der Waals surface area contributed by atoms with E-state index in [-0.39, 0.29) is 0 Å². The zero-order valence-corrected chi connectivity index (χ0v) is 13.7. The Morgan fingerprint density at radius 2 is 2.04 bits per heavy atom. The van der Waals surface area contributed by atoms with Gasteiger partial charge in [-0.1, -0.05) is 17.3 Å². The van der Waals surface area contributed by atoms with Gasteiger partial charge in [-0.25, -0.2) is 0 Å². The minimum absolute atomic E-state index is 0.508. The van der Waals surface area contributed by atoms with Crippen molar-refractivity contribution in [3.63, 3.8) is 0 Å². The number of hydrogen-bond acceptors (Lipinski definition) is 6. The molecule has 6 nitrogen and oxygen atoms in total. The number of rotatable bonds is 4. The molecule has 2 aromatic rings. The Labute approximate surface area is 141 Å². The van der Waals surface area contributed by atoms with Crippen molar-refractivity contribution < 1.29 is 4.52 Å². The van der Waals surface area contributed by atoms with E-state index in [1.54, 1.807) is 0 Å². The Morgan fingerprint density at radius 3 is 2.88 bits per heavy atom. The predicted octanol–water partition coefficient (Wildman–Crippen LogP) is 2.53. The lowest BCUT2D eigenvalue weighted by Crippen LogP contribution is -2.31. The maximum atomic E-state index is 9.30. The molecule has 0 atom stereocenters. The van der Waals surface area contributed by atoms with Crippen molar-refractivity contribution in [2.45, 2.75) is 31.7 Å². The van der Waals surface area contributed by atoms with Crippen LogP contribution in [0.4, 0.5) is 5.69 Å². The van der Waals surface area contributed by atoms with Gasteiger partial charge in [-0.05, 0) is 31.4 Å². The lowest BCUT2D eigenvalue weighted by Gasteiger charge is -2.24. The predicted molar refractivity (Wildman–Crippen MR) is 89.5 cm³/mol. The topological polar surface area (TPSA) is 69.2 Å². The Hall–Kier alpha value is -2.39. The Balaban J connectivity index is 1.39. The molecule has 2 fully saturated rings. The largest absolute Gasteiger partial charge is 0.369 e. The van der Waals surface area contributed by atoms with Gasteiger partial charge in [-0.3, -0.25) is 4.90 Å². The zero-order chi connectivity index (χ0) is 16.4. The molecule has 1 aliphatic carbocycles. The lowest BCUT2D eigenvalue weighted by molar-refractivity contribution is 0.271. The fraction of sp³-hybridized carbons (Fsp3) is 0.500. The number of para-hydroxylation sites is 1. The summed E-state index contributed by atoms with van der Waals surface area (Å²) in [4.78, 5) is 9.21. The molecule has 1 aromatic heterocycles. The van der Waals surface area contributed by atoms with E-state index in [4.69, 9.17) is 4.52 Å². The van der Waals surface area contributed by atoms with Crippen molar-refractivity contribution in [1.29, 1.82) is 5.26 Å². The normalized spacial score (nSPS) is 19.0. The Kier molecular flexibility index (Phi) is 4.18. The van der Waals surface area contributed by atoms with Crippen molar-refractivity contribution in [1.82, 2.24) is 15.0 Å². The van der Waals surface area contributed by atoms with Crippen LogP contribution in [0, 0.1) is 11.3 Å². The summed E-state index contributed by atoms with van der Waals surface area (Å²) in [6, 6.07) is 10.1. The Bertz CT molecular complexity index is 746. The molecule has 0 radical (unpaired) electrons. The van der Waals surface area contributed by atoms with Crippen molar-refractivity contribution in [3.8, 4) is 6.07 Å². The standard InChI is InChI=1S/C18H21N5O/c19-12-15-4-1-2-5-16(15)23-9-3-8-22(10-11-23)13-17-20-18(24-21-17)14-6-7-14/h1-2,4-5,14H,3,6-11,13H2. The molecule has 0 amide bonds. The van der Waals surface area contributed by atoms with Gasteiger partial charge in [0.05, 0.1) is 17.8 Å². The van der Waals surface area contributed by atoms with Crippen molar-refractivity contribution in [2.24, 2.45) is 0 Å². The molecule has 0 bridgehead atoms. The number of anilines is 1. The maximum Gasteiger partial charge on any atom is 0.229 e. The quantitative estimate of drug-likeness (QED) is 0.861. The number of nitrogens with zero attached hydrogens (tertiary/aromatic N) is 5. The third kappa shape index (κ3) is 3.26. The third-order valence-electron chi connectivity index (χ3n) is 4.73. The van der Waals surface area contributed by atoms with Crippen LogP contribution in [0.2, 0.25) is 0 Å². The molecule has 1 aliphatic heterocycles. The number of aromatic nitrogens is 2. The van der Waals surface area contributed by atoms with Crippen LogP contribution in [0.3, 0.4) is 0 Å². The van der Waals surface area contributed by atoms with E-state index < -0.39 is 0 Å². The van der Waals surface area contributed by atoms with Crippen LogP contribution in [-0.2, 0) is 6.54 Å². The lowest BCUT2D eigenvalue weighted by atomic mass is 10.1. The highest BCUT2D eigenvalue weighted by atomic mass is 16.5. The summed E-state index contributed by atoms with van der Waals surface area (Å²) in [6.45, 7) is 4.57. The van der Waals surface area contributed by atoms with E-state index in [1.165, 1.54) is 12.8 Å². The zero-order valence-electron chi connectivity index (χ0n) is 13.7. The van der Waals surface area contributed by atoms with E-state index in [2.05, 4.69) is 26.0 Å². The van der Waals surface area contributed by atoms with Gasteiger partial charge >= 0.3 is 0 Å². The van der Waals surface area contributed by atoms with Crippen LogP contribution in [0.5, 0.6) is 0 Å². The van der Waals surface area contributed by atoms with Crippen LogP contribution in [0.15, 0.2) is 28.8 Å². The highest BCUT2D eigenvalue weighted by molar-refractivity contribution is 5.59. The summed E-state index contributed by atoms with van der Waals surface area (Å²) in [5.41, 5.74) is 1.79. The van der Waals surface area contributed by atoms with E-state index >= 15 is 0 Å².